The van der Waals surface area contributed by atoms with Gasteiger partial charge in [-0.15, -0.1) is 11.3 Å². The summed E-state index contributed by atoms with van der Waals surface area (Å²) in [6.45, 7) is 0. The second-order valence-electron chi connectivity index (χ2n) is 6.34. The Morgan fingerprint density at radius 2 is 1.78 bits per heavy atom. The number of rotatable bonds is 3. The SMILES string of the molecule is CN1C(=O)N(C)C(O)(C(F)(F)F)C(C(=O)c2ccccc2)C1c1cccs1. The van der Waals surface area contributed by atoms with Crippen molar-refractivity contribution < 1.29 is 27.9 Å². The quantitative estimate of drug-likeness (QED) is 0.805. The van der Waals surface area contributed by atoms with Gasteiger partial charge in [-0.2, -0.15) is 13.2 Å². The van der Waals surface area contributed by atoms with Gasteiger partial charge in [0.25, 0.3) is 5.72 Å². The predicted octanol–water partition coefficient (Wildman–Crippen LogP) is 3.54. The van der Waals surface area contributed by atoms with Gasteiger partial charge in [0.2, 0.25) is 0 Å². The highest BCUT2D eigenvalue weighted by molar-refractivity contribution is 7.10. The summed E-state index contributed by atoms with van der Waals surface area (Å²) >= 11 is 1.12. The molecule has 2 amide bonds. The molecule has 0 aliphatic carbocycles. The van der Waals surface area contributed by atoms with Gasteiger partial charge in [-0.1, -0.05) is 36.4 Å². The molecule has 0 saturated carbocycles. The number of benzene rings is 1. The van der Waals surface area contributed by atoms with E-state index in [4.69, 9.17) is 0 Å². The van der Waals surface area contributed by atoms with Crippen molar-refractivity contribution >= 4 is 23.2 Å². The van der Waals surface area contributed by atoms with Crippen molar-refractivity contribution in [2.24, 2.45) is 5.92 Å². The first-order valence-electron chi connectivity index (χ1n) is 8.03. The number of thiophene rings is 1. The minimum Gasteiger partial charge on any atom is -0.363 e. The predicted molar refractivity (Wildman–Crippen MR) is 93.2 cm³/mol. The zero-order chi connectivity index (χ0) is 20.0. The lowest BCUT2D eigenvalue weighted by Crippen LogP contribution is -2.72. The van der Waals surface area contributed by atoms with Gasteiger partial charge in [-0.25, -0.2) is 4.79 Å². The molecule has 0 bridgehead atoms. The van der Waals surface area contributed by atoms with Crippen molar-refractivity contribution in [1.29, 1.82) is 0 Å². The Labute approximate surface area is 157 Å². The van der Waals surface area contributed by atoms with Crippen LogP contribution in [0.3, 0.4) is 0 Å². The molecule has 1 N–H and O–H groups in total. The van der Waals surface area contributed by atoms with E-state index >= 15 is 0 Å². The lowest BCUT2D eigenvalue weighted by molar-refractivity contribution is -0.328. The molecule has 0 spiro atoms. The summed E-state index contributed by atoms with van der Waals surface area (Å²) < 4.78 is 42.0. The van der Waals surface area contributed by atoms with Crippen LogP contribution < -0.4 is 0 Å². The highest BCUT2D eigenvalue weighted by Crippen LogP contribution is 2.50. The van der Waals surface area contributed by atoms with Crippen LogP contribution in [0.2, 0.25) is 0 Å². The van der Waals surface area contributed by atoms with Gasteiger partial charge in [0, 0.05) is 24.5 Å². The van der Waals surface area contributed by atoms with Crippen molar-refractivity contribution in [2.45, 2.75) is 17.9 Å². The molecule has 1 saturated heterocycles. The first kappa shape index (κ1) is 19.4. The summed E-state index contributed by atoms with van der Waals surface area (Å²) in [7, 11) is 2.17. The number of amides is 2. The van der Waals surface area contributed by atoms with Crippen LogP contribution in [0, 0.1) is 5.92 Å². The van der Waals surface area contributed by atoms with Crippen LogP contribution in [0.15, 0.2) is 47.8 Å². The Kier molecular flexibility index (Phi) is 4.77. The van der Waals surface area contributed by atoms with Crippen LogP contribution in [0.4, 0.5) is 18.0 Å². The maximum absolute atomic E-state index is 14.0. The van der Waals surface area contributed by atoms with Crippen LogP contribution in [0.1, 0.15) is 21.3 Å². The molecular weight excluding hydrogens is 381 g/mol. The molecule has 3 unspecified atom stereocenters. The molecule has 9 heteroatoms. The smallest absolute Gasteiger partial charge is 0.363 e. The average Bonchev–Trinajstić information content (AvgIpc) is 3.16. The lowest BCUT2D eigenvalue weighted by atomic mass is 9.77. The lowest BCUT2D eigenvalue weighted by Gasteiger charge is -2.52. The van der Waals surface area contributed by atoms with Crippen LogP contribution >= 0.6 is 11.3 Å². The van der Waals surface area contributed by atoms with Gasteiger partial charge >= 0.3 is 12.2 Å². The highest BCUT2D eigenvalue weighted by Gasteiger charge is 2.70. The average molecular weight is 398 g/mol. The number of carbonyl (C=O) groups is 2. The molecule has 3 atom stereocenters. The number of hydrogen-bond donors (Lipinski definition) is 1. The Morgan fingerprint density at radius 3 is 2.30 bits per heavy atom. The minimum atomic E-state index is -5.23. The summed E-state index contributed by atoms with van der Waals surface area (Å²) in [5, 5.41) is 12.4. The summed E-state index contributed by atoms with van der Waals surface area (Å²) in [5.41, 5.74) is -3.61. The minimum absolute atomic E-state index is 0.0304. The fraction of sp³-hybridized carbons (Fsp3) is 0.333. The van der Waals surface area contributed by atoms with Gasteiger partial charge in [-0.3, -0.25) is 9.69 Å². The van der Waals surface area contributed by atoms with Gasteiger partial charge in [0.1, 0.15) is 5.92 Å². The topological polar surface area (TPSA) is 60.9 Å². The Bertz CT molecular complexity index is 841. The summed E-state index contributed by atoms with van der Waals surface area (Å²) in [4.78, 5) is 27.3. The summed E-state index contributed by atoms with van der Waals surface area (Å²) in [6.07, 6.45) is -5.23. The largest absolute Gasteiger partial charge is 0.437 e. The molecule has 2 heterocycles. The maximum Gasteiger partial charge on any atom is 0.437 e. The van der Waals surface area contributed by atoms with Crippen LogP contribution in [0.5, 0.6) is 0 Å². The first-order valence-corrected chi connectivity index (χ1v) is 8.91. The fourth-order valence-electron chi connectivity index (χ4n) is 3.44. The Hall–Kier alpha value is -2.39. The molecule has 27 heavy (non-hydrogen) atoms. The van der Waals surface area contributed by atoms with Crippen molar-refractivity contribution in [2.75, 3.05) is 14.1 Å². The van der Waals surface area contributed by atoms with E-state index in [1.807, 2.05) is 0 Å². The van der Waals surface area contributed by atoms with E-state index in [1.54, 1.807) is 23.6 Å². The molecule has 1 aromatic carbocycles. The van der Waals surface area contributed by atoms with Crippen LogP contribution in [-0.4, -0.2) is 52.7 Å². The van der Waals surface area contributed by atoms with Crippen molar-refractivity contribution in [1.82, 2.24) is 9.80 Å². The van der Waals surface area contributed by atoms with E-state index in [0.29, 0.717) is 4.88 Å². The molecule has 1 aliphatic heterocycles. The number of aliphatic hydroxyl groups is 1. The van der Waals surface area contributed by atoms with E-state index in [2.05, 4.69) is 0 Å². The van der Waals surface area contributed by atoms with Gasteiger partial charge in [0.05, 0.1) is 6.04 Å². The molecule has 1 fully saturated rings. The number of carbonyl (C=O) groups excluding carboxylic acids is 2. The molecule has 5 nitrogen and oxygen atoms in total. The third-order valence-electron chi connectivity index (χ3n) is 4.86. The number of halogens is 3. The number of urea groups is 1. The van der Waals surface area contributed by atoms with E-state index < -0.39 is 35.7 Å². The number of hydrogen-bond acceptors (Lipinski definition) is 4. The normalized spacial score (nSPS) is 26.4. The summed E-state index contributed by atoms with van der Waals surface area (Å²) in [5.74, 6) is -2.84. The highest BCUT2D eigenvalue weighted by atomic mass is 32.1. The molecular formula is C18H17F3N2O3S. The molecule has 3 rings (SSSR count). The van der Waals surface area contributed by atoms with E-state index in [9.17, 15) is 27.9 Å². The second-order valence-corrected chi connectivity index (χ2v) is 7.32. The standard InChI is InChI=1S/C18H17F3N2O3S/c1-22-14(12-9-6-10-27-12)13(15(24)11-7-4-3-5-8-11)17(26,18(19,20)21)23(2)16(22)25/h3-10,13-14,26H,1-2H3. The van der Waals surface area contributed by atoms with Crippen molar-refractivity contribution in [3.05, 3.63) is 58.3 Å². The first-order chi connectivity index (χ1) is 12.6. The molecule has 144 valence electrons. The fourth-order valence-corrected chi connectivity index (χ4v) is 4.35. The van der Waals surface area contributed by atoms with Crippen molar-refractivity contribution in [3.63, 3.8) is 0 Å². The number of nitrogens with zero attached hydrogens (tertiary/aromatic N) is 2. The zero-order valence-corrected chi connectivity index (χ0v) is 15.3. The number of Topliss-reactive ketones (excluding diaryl/α,β-unsaturated/α-hetero) is 1. The molecule has 1 aromatic heterocycles. The molecule has 0 radical (unpaired) electrons. The van der Waals surface area contributed by atoms with Crippen LogP contribution in [0.25, 0.3) is 0 Å². The number of alkyl halides is 3. The summed E-state index contributed by atoms with van der Waals surface area (Å²) in [6, 6.07) is 8.36. The van der Waals surface area contributed by atoms with E-state index in [1.165, 1.54) is 31.3 Å². The van der Waals surface area contributed by atoms with Crippen LogP contribution in [-0.2, 0) is 0 Å². The van der Waals surface area contributed by atoms with Crippen molar-refractivity contribution in [3.8, 4) is 0 Å². The zero-order valence-electron chi connectivity index (χ0n) is 14.5. The third-order valence-corrected chi connectivity index (χ3v) is 5.80. The number of ketones is 1. The monoisotopic (exact) mass is 398 g/mol. The molecule has 2 aromatic rings. The van der Waals surface area contributed by atoms with E-state index in [0.717, 1.165) is 23.3 Å². The Morgan fingerprint density at radius 1 is 1.15 bits per heavy atom. The van der Waals surface area contributed by atoms with Gasteiger partial charge in [0.15, 0.2) is 5.78 Å². The molecule has 1 aliphatic rings. The third kappa shape index (κ3) is 2.90. The second kappa shape index (κ2) is 6.65. The maximum atomic E-state index is 14.0. The Balaban J connectivity index is 2.24. The van der Waals surface area contributed by atoms with Gasteiger partial charge < -0.3 is 10.0 Å². The van der Waals surface area contributed by atoms with E-state index in [-0.39, 0.29) is 10.5 Å². The van der Waals surface area contributed by atoms with Gasteiger partial charge in [-0.05, 0) is 11.4 Å².